The number of rotatable bonds is 8. The van der Waals surface area contributed by atoms with Crippen molar-refractivity contribution in [3.05, 3.63) is 42.5 Å². The Hall–Kier alpha value is -2.78. The van der Waals surface area contributed by atoms with Crippen LogP contribution in [0.3, 0.4) is 0 Å². The van der Waals surface area contributed by atoms with Crippen LogP contribution in [0.4, 0.5) is 5.69 Å². The summed E-state index contributed by atoms with van der Waals surface area (Å²) in [6.45, 7) is 2.61. The molecule has 0 spiro atoms. The Morgan fingerprint density at radius 1 is 1.00 bits per heavy atom. The van der Waals surface area contributed by atoms with Crippen LogP contribution in [0.15, 0.2) is 47.4 Å². The van der Waals surface area contributed by atoms with Gasteiger partial charge in [-0.05, 0) is 50.1 Å². The third kappa shape index (κ3) is 5.48. The highest BCUT2D eigenvalue weighted by molar-refractivity contribution is 7.89. The number of nitrogens with zero attached hydrogens (tertiary/aromatic N) is 1. The molecule has 1 aliphatic rings. The third-order valence-corrected chi connectivity index (χ3v) is 7.00. The van der Waals surface area contributed by atoms with E-state index in [1.807, 2.05) is 0 Å². The minimum Gasteiger partial charge on any atom is -0.497 e. The fourth-order valence-electron chi connectivity index (χ4n) is 3.37. The SMILES string of the molecule is COc1cccc(O[C@@H](C)C(=O)Nc2cc(S(=O)(=O)N3CCCCC3)ccc2OC)c1. The Balaban J connectivity index is 1.77. The van der Waals surface area contributed by atoms with E-state index in [9.17, 15) is 13.2 Å². The van der Waals surface area contributed by atoms with Crippen molar-refractivity contribution in [3.63, 3.8) is 0 Å². The molecule has 1 N–H and O–H groups in total. The largest absolute Gasteiger partial charge is 0.497 e. The molecular formula is C22H28N2O6S. The van der Waals surface area contributed by atoms with Crippen molar-refractivity contribution >= 4 is 21.6 Å². The van der Waals surface area contributed by atoms with Crippen molar-refractivity contribution in [1.82, 2.24) is 4.31 Å². The van der Waals surface area contributed by atoms with E-state index < -0.39 is 22.0 Å². The van der Waals surface area contributed by atoms with Crippen molar-refractivity contribution < 1.29 is 27.4 Å². The first-order chi connectivity index (χ1) is 14.8. The first kappa shape index (κ1) is 22.9. The van der Waals surface area contributed by atoms with Gasteiger partial charge in [0.05, 0.1) is 24.8 Å². The van der Waals surface area contributed by atoms with Crippen LogP contribution in [-0.4, -0.2) is 52.0 Å². The maximum absolute atomic E-state index is 13.0. The van der Waals surface area contributed by atoms with Gasteiger partial charge in [0.2, 0.25) is 10.0 Å². The first-order valence-electron chi connectivity index (χ1n) is 10.1. The van der Waals surface area contributed by atoms with Crippen molar-refractivity contribution in [2.75, 3.05) is 32.6 Å². The minimum absolute atomic E-state index is 0.117. The summed E-state index contributed by atoms with van der Waals surface area (Å²) in [5.41, 5.74) is 0.270. The van der Waals surface area contributed by atoms with Crippen LogP contribution in [-0.2, 0) is 14.8 Å². The number of benzene rings is 2. The van der Waals surface area contributed by atoms with Gasteiger partial charge in [0.15, 0.2) is 6.10 Å². The van der Waals surface area contributed by atoms with Crippen LogP contribution in [0.2, 0.25) is 0 Å². The highest BCUT2D eigenvalue weighted by atomic mass is 32.2. The maximum atomic E-state index is 13.0. The van der Waals surface area contributed by atoms with E-state index in [-0.39, 0.29) is 10.6 Å². The molecule has 2 aromatic carbocycles. The second kappa shape index (κ2) is 10.0. The topological polar surface area (TPSA) is 94.2 Å². The van der Waals surface area contributed by atoms with E-state index in [1.165, 1.54) is 23.5 Å². The molecule has 9 heteroatoms. The van der Waals surface area contributed by atoms with Crippen molar-refractivity contribution in [3.8, 4) is 17.2 Å². The van der Waals surface area contributed by atoms with Crippen molar-refractivity contribution in [2.45, 2.75) is 37.2 Å². The predicted octanol–water partition coefficient (Wildman–Crippen LogP) is 3.28. The number of methoxy groups -OCH3 is 2. The van der Waals surface area contributed by atoms with Crippen LogP contribution in [0.1, 0.15) is 26.2 Å². The molecule has 0 aromatic heterocycles. The van der Waals surface area contributed by atoms with E-state index in [2.05, 4.69) is 5.32 Å². The summed E-state index contributed by atoms with van der Waals surface area (Å²) in [5, 5.41) is 2.72. The molecule has 2 aromatic rings. The Labute approximate surface area is 183 Å². The van der Waals surface area contributed by atoms with E-state index >= 15 is 0 Å². The summed E-state index contributed by atoms with van der Waals surface area (Å²) in [7, 11) is -0.634. The molecule has 0 saturated carbocycles. The molecular weight excluding hydrogens is 420 g/mol. The standard InChI is InChI=1S/C22H28N2O6S/c1-16(30-18-9-7-8-17(14-18)28-2)22(25)23-20-15-19(10-11-21(20)29-3)31(26,27)24-12-5-4-6-13-24/h7-11,14-16H,4-6,12-13H2,1-3H3,(H,23,25)/t16-/m0/s1. The normalized spacial score (nSPS) is 15.7. The zero-order chi connectivity index (χ0) is 22.4. The Morgan fingerprint density at radius 3 is 2.39 bits per heavy atom. The average molecular weight is 449 g/mol. The van der Waals surface area contributed by atoms with Crippen LogP contribution in [0.5, 0.6) is 17.2 Å². The number of hydrogen-bond acceptors (Lipinski definition) is 6. The van der Waals surface area contributed by atoms with E-state index in [0.717, 1.165) is 19.3 Å². The van der Waals surface area contributed by atoms with Crippen LogP contribution >= 0.6 is 0 Å². The number of hydrogen-bond donors (Lipinski definition) is 1. The molecule has 0 radical (unpaired) electrons. The quantitative estimate of drug-likeness (QED) is 0.666. The van der Waals surface area contributed by atoms with Crippen LogP contribution in [0, 0.1) is 0 Å². The molecule has 1 fully saturated rings. The molecule has 0 aliphatic carbocycles. The smallest absolute Gasteiger partial charge is 0.265 e. The lowest BCUT2D eigenvalue weighted by atomic mass is 10.2. The van der Waals surface area contributed by atoms with Crippen molar-refractivity contribution in [2.24, 2.45) is 0 Å². The number of sulfonamides is 1. The highest BCUT2D eigenvalue weighted by Crippen LogP contribution is 2.30. The van der Waals surface area contributed by atoms with Crippen LogP contribution in [0.25, 0.3) is 0 Å². The summed E-state index contributed by atoms with van der Waals surface area (Å²) in [5.74, 6) is 1.02. The van der Waals surface area contributed by atoms with Gasteiger partial charge >= 0.3 is 0 Å². The summed E-state index contributed by atoms with van der Waals surface area (Å²) in [6, 6.07) is 11.4. The molecule has 8 nitrogen and oxygen atoms in total. The zero-order valence-corrected chi connectivity index (χ0v) is 18.8. The molecule has 1 amide bonds. The monoisotopic (exact) mass is 448 g/mol. The lowest BCUT2D eigenvalue weighted by Gasteiger charge is -2.26. The number of piperidine rings is 1. The van der Waals surface area contributed by atoms with Crippen molar-refractivity contribution in [1.29, 1.82) is 0 Å². The van der Waals surface area contributed by atoms with Gasteiger partial charge < -0.3 is 19.5 Å². The Bertz CT molecular complexity index is 1020. The van der Waals surface area contributed by atoms with Gasteiger partial charge in [-0.2, -0.15) is 4.31 Å². The zero-order valence-electron chi connectivity index (χ0n) is 18.0. The molecule has 1 saturated heterocycles. The van der Waals surface area contributed by atoms with Gasteiger partial charge in [0, 0.05) is 19.2 Å². The molecule has 31 heavy (non-hydrogen) atoms. The van der Waals surface area contributed by atoms with E-state index in [0.29, 0.717) is 30.3 Å². The van der Waals surface area contributed by atoms with E-state index in [4.69, 9.17) is 14.2 Å². The fraction of sp³-hybridized carbons (Fsp3) is 0.409. The van der Waals surface area contributed by atoms with Gasteiger partial charge in [0.1, 0.15) is 17.2 Å². The molecule has 1 heterocycles. The van der Waals surface area contributed by atoms with E-state index in [1.54, 1.807) is 44.4 Å². The molecule has 1 atom stereocenters. The first-order valence-corrected chi connectivity index (χ1v) is 11.6. The maximum Gasteiger partial charge on any atom is 0.265 e. The highest BCUT2D eigenvalue weighted by Gasteiger charge is 2.27. The predicted molar refractivity (Wildman–Crippen MR) is 117 cm³/mol. The lowest BCUT2D eigenvalue weighted by Crippen LogP contribution is -2.35. The summed E-state index contributed by atoms with van der Waals surface area (Å²) in [6.07, 6.45) is 1.89. The molecule has 0 unspecified atom stereocenters. The number of anilines is 1. The summed E-state index contributed by atoms with van der Waals surface area (Å²) < 4.78 is 43.6. The third-order valence-electron chi connectivity index (χ3n) is 5.10. The molecule has 168 valence electrons. The number of carbonyl (C=O) groups excluding carboxylic acids is 1. The second-order valence-corrected chi connectivity index (χ2v) is 9.19. The van der Waals surface area contributed by atoms with Gasteiger partial charge in [-0.3, -0.25) is 4.79 Å². The number of carbonyl (C=O) groups is 1. The molecule has 3 rings (SSSR count). The molecule has 0 bridgehead atoms. The van der Waals surface area contributed by atoms with Gasteiger partial charge in [-0.1, -0.05) is 12.5 Å². The average Bonchev–Trinajstić information content (AvgIpc) is 2.79. The lowest BCUT2D eigenvalue weighted by molar-refractivity contribution is -0.122. The Kier molecular flexibility index (Phi) is 7.40. The van der Waals surface area contributed by atoms with Gasteiger partial charge in [-0.25, -0.2) is 8.42 Å². The minimum atomic E-state index is -3.64. The Morgan fingerprint density at radius 2 is 1.71 bits per heavy atom. The number of nitrogens with one attached hydrogen (secondary N) is 1. The second-order valence-electron chi connectivity index (χ2n) is 7.26. The molecule has 1 aliphatic heterocycles. The van der Waals surface area contributed by atoms with Crippen LogP contribution < -0.4 is 19.5 Å². The van der Waals surface area contributed by atoms with Gasteiger partial charge in [0.25, 0.3) is 5.91 Å². The number of amides is 1. The number of ether oxygens (including phenoxy) is 3. The fourth-order valence-corrected chi connectivity index (χ4v) is 4.91. The summed E-state index contributed by atoms with van der Waals surface area (Å²) in [4.78, 5) is 12.8. The summed E-state index contributed by atoms with van der Waals surface area (Å²) >= 11 is 0. The van der Waals surface area contributed by atoms with Gasteiger partial charge in [-0.15, -0.1) is 0 Å².